The number of pyridine rings is 1. The summed E-state index contributed by atoms with van der Waals surface area (Å²) in [6.07, 6.45) is 0.374. The predicted octanol–water partition coefficient (Wildman–Crippen LogP) is -0.782. The minimum atomic E-state index is -4.45. The first-order valence-electron chi connectivity index (χ1n) is 5.38. The third-order valence-electron chi connectivity index (χ3n) is 2.25. The van der Waals surface area contributed by atoms with Gasteiger partial charge in [0.05, 0.1) is 0 Å². The molecule has 0 saturated carbocycles. The number of carbonyl (C=O) groups is 2. The van der Waals surface area contributed by atoms with Crippen molar-refractivity contribution in [1.82, 2.24) is 9.71 Å². The number of nitrogens with two attached hydrogens (primary N) is 1. The first kappa shape index (κ1) is 16.0. The molecular formula is C10H12FN3O5S. The van der Waals surface area contributed by atoms with Gasteiger partial charge in [-0.3, -0.25) is 9.59 Å². The van der Waals surface area contributed by atoms with Gasteiger partial charge in [-0.25, -0.2) is 17.8 Å². The number of carbonyl (C=O) groups excluding carboxylic acids is 1. The fraction of sp³-hybridized carbons (Fsp3) is 0.300. The molecule has 110 valence electrons. The van der Waals surface area contributed by atoms with Crippen LogP contribution in [0.25, 0.3) is 0 Å². The Hall–Kier alpha value is -2.07. The van der Waals surface area contributed by atoms with E-state index >= 15 is 0 Å². The lowest BCUT2D eigenvalue weighted by Crippen LogP contribution is -2.41. The van der Waals surface area contributed by atoms with Crippen LogP contribution in [-0.2, 0) is 19.6 Å². The van der Waals surface area contributed by atoms with Gasteiger partial charge in [0.15, 0.2) is 5.82 Å². The van der Waals surface area contributed by atoms with E-state index in [-0.39, 0.29) is 12.8 Å². The number of carboxylic acid groups (broad SMARTS) is 1. The second kappa shape index (κ2) is 6.39. The Morgan fingerprint density at radius 3 is 2.65 bits per heavy atom. The summed E-state index contributed by atoms with van der Waals surface area (Å²) in [5.74, 6) is -3.40. The molecule has 1 aromatic heterocycles. The molecule has 1 rings (SSSR count). The lowest BCUT2D eigenvalue weighted by atomic mass is 10.2. The van der Waals surface area contributed by atoms with Crippen molar-refractivity contribution in [1.29, 1.82) is 0 Å². The standard InChI is InChI=1S/C10H12FN3O5S/c11-6-2-1-5-13-9(6)20(18,19)14-7(10(16)17)3-4-8(12)15/h1-2,5,7,14H,3-4H2,(H2,12,15)(H,16,17). The number of hydrogen-bond acceptors (Lipinski definition) is 5. The van der Waals surface area contributed by atoms with E-state index < -0.39 is 38.8 Å². The van der Waals surface area contributed by atoms with E-state index in [1.807, 2.05) is 0 Å². The summed E-state index contributed by atoms with van der Waals surface area (Å²) in [7, 11) is -4.45. The number of aliphatic carboxylic acids is 1. The van der Waals surface area contributed by atoms with Gasteiger partial charge in [0, 0.05) is 12.6 Å². The molecule has 8 nitrogen and oxygen atoms in total. The van der Waals surface area contributed by atoms with Crippen molar-refractivity contribution >= 4 is 21.9 Å². The highest BCUT2D eigenvalue weighted by Crippen LogP contribution is 2.11. The summed E-state index contributed by atoms with van der Waals surface area (Å²) in [5, 5.41) is 7.96. The smallest absolute Gasteiger partial charge is 0.321 e. The maximum absolute atomic E-state index is 13.3. The highest BCUT2D eigenvalue weighted by molar-refractivity contribution is 7.89. The molecule has 0 radical (unpaired) electrons. The molecule has 0 aliphatic rings. The van der Waals surface area contributed by atoms with Gasteiger partial charge in [-0.2, -0.15) is 4.72 Å². The number of sulfonamides is 1. The minimum absolute atomic E-state index is 0.329. The number of aromatic nitrogens is 1. The number of primary amides is 1. The average molecular weight is 305 g/mol. The second-order valence-electron chi connectivity index (χ2n) is 3.81. The number of hydrogen-bond donors (Lipinski definition) is 3. The van der Waals surface area contributed by atoms with Gasteiger partial charge in [0.1, 0.15) is 6.04 Å². The molecule has 4 N–H and O–H groups in total. The monoisotopic (exact) mass is 305 g/mol. The van der Waals surface area contributed by atoms with Crippen LogP contribution in [-0.4, -0.2) is 36.4 Å². The van der Waals surface area contributed by atoms with E-state index in [2.05, 4.69) is 4.98 Å². The maximum atomic E-state index is 13.3. The third kappa shape index (κ3) is 4.24. The van der Waals surface area contributed by atoms with E-state index in [1.165, 1.54) is 6.07 Å². The summed E-state index contributed by atoms with van der Waals surface area (Å²) in [6, 6.07) is 0.463. The normalized spacial score (nSPS) is 12.8. The molecule has 0 spiro atoms. The van der Waals surface area contributed by atoms with Crippen LogP contribution in [0.5, 0.6) is 0 Å². The molecule has 1 amide bonds. The van der Waals surface area contributed by atoms with Crippen LogP contribution in [0, 0.1) is 5.82 Å². The van der Waals surface area contributed by atoms with E-state index in [9.17, 15) is 22.4 Å². The van der Waals surface area contributed by atoms with Crippen LogP contribution in [0.3, 0.4) is 0 Å². The quantitative estimate of drug-likeness (QED) is 0.603. The molecule has 1 atom stereocenters. The lowest BCUT2D eigenvalue weighted by molar-refractivity contribution is -0.139. The Kier molecular flexibility index (Phi) is 5.11. The van der Waals surface area contributed by atoms with Gasteiger partial charge in [-0.1, -0.05) is 0 Å². The van der Waals surface area contributed by atoms with Crippen LogP contribution in [0.15, 0.2) is 23.4 Å². The second-order valence-corrected chi connectivity index (χ2v) is 5.44. The number of carboxylic acids is 1. The molecule has 10 heteroatoms. The average Bonchev–Trinajstić information content (AvgIpc) is 2.34. The van der Waals surface area contributed by atoms with Crippen molar-refractivity contribution in [2.24, 2.45) is 5.73 Å². The molecule has 0 aromatic carbocycles. The highest BCUT2D eigenvalue weighted by Gasteiger charge is 2.28. The zero-order chi connectivity index (χ0) is 15.3. The molecule has 0 fully saturated rings. The number of nitrogens with one attached hydrogen (secondary N) is 1. The van der Waals surface area contributed by atoms with Crippen LogP contribution in [0.4, 0.5) is 4.39 Å². The molecule has 0 bridgehead atoms. The Labute approximate surface area is 113 Å². The molecule has 1 unspecified atom stereocenters. The predicted molar refractivity (Wildman–Crippen MR) is 64.4 cm³/mol. The number of halogens is 1. The molecular weight excluding hydrogens is 293 g/mol. The summed E-state index contributed by atoms with van der Waals surface area (Å²) in [6.45, 7) is 0. The van der Waals surface area contributed by atoms with Crippen LogP contribution >= 0.6 is 0 Å². The molecule has 1 heterocycles. The lowest BCUT2D eigenvalue weighted by Gasteiger charge is -2.13. The van der Waals surface area contributed by atoms with Crippen LogP contribution < -0.4 is 10.5 Å². The number of rotatable bonds is 7. The van der Waals surface area contributed by atoms with E-state index in [0.29, 0.717) is 0 Å². The largest absolute Gasteiger partial charge is 0.480 e. The number of nitrogens with zero attached hydrogens (tertiary/aromatic N) is 1. The summed E-state index contributed by atoms with van der Waals surface area (Å²) >= 11 is 0. The first-order chi connectivity index (χ1) is 9.24. The van der Waals surface area contributed by atoms with Gasteiger partial charge in [0.2, 0.25) is 10.9 Å². The minimum Gasteiger partial charge on any atom is -0.480 e. The van der Waals surface area contributed by atoms with Crippen molar-refractivity contribution in [3.63, 3.8) is 0 Å². The molecule has 20 heavy (non-hydrogen) atoms. The number of amides is 1. The van der Waals surface area contributed by atoms with Crippen molar-refractivity contribution in [3.8, 4) is 0 Å². The zero-order valence-corrected chi connectivity index (χ0v) is 10.9. The Bertz CT molecular complexity index is 619. The van der Waals surface area contributed by atoms with Crippen molar-refractivity contribution in [2.75, 3.05) is 0 Å². The van der Waals surface area contributed by atoms with Gasteiger partial charge in [0.25, 0.3) is 10.0 Å². The van der Waals surface area contributed by atoms with Crippen molar-refractivity contribution in [3.05, 3.63) is 24.1 Å². The van der Waals surface area contributed by atoms with Gasteiger partial charge in [-0.05, 0) is 18.6 Å². The topological polar surface area (TPSA) is 139 Å². The van der Waals surface area contributed by atoms with Gasteiger partial charge in [-0.15, -0.1) is 0 Å². The Morgan fingerprint density at radius 2 is 2.15 bits per heavy atom. The fourth-order valence-corrected chi connectivity index (χ4v) is 2.56. The third-order valence-corrected chi connectivity index (χ3v) is 3.66. The SMILES string of the molecule is NC(=O)CCC(NS(=O)(=O)c1ncccc1F)C(=O)O. The summed E-state index contributed by atoms with van der Waals surface area (Å²) in [5.41, 5.74) is 4.86. The summed E-state index contributed by atoms with van der Waals surface area (Å²) < 4.78 is 38.8. The van der Waals surface area contributed by atoms with Crippen LogP contribution in [0.2, 0.25) is 0 Å². The van der Waals surface area contributed by atoms with E-state index in [0.717, 1.165) is 12.3 Å². The van der Waals surface area contributed by atoms with Crippen LogP contribution in [0.1, 0.15) is 12.8 Å². The highest BCUT2D eigenvalue weighted by atomic mass is 32.2. The zero-order valence-electron chi connectivity index (χ0n) is 10.1. The van der Waals surface area contributed by atoms with Gasteiger partial charge < -0.3 is 10.8 Å². The molecule has 0 aliphatic carbocycles. The Balaban J connectivity index is 2.95. The van der Waals surface area contributed by atoms with Gasteiger partial charge >= 0.3 is 5.97 Å². The van der Waals surface area contributed by atoms with Crippen molar-refractivity contribution in [2.45, 2.75) is 23.9 Å². The van der Waals surface area contributed by atoms with Crippen molar-refractivity contribution < 1.29 is 27.5 Å². The maximum Gasteiger partial charge on any atom is 0.321 e. The Morgan fingerprint density at radius 1 is 1.50 bits per heavy atom. The van der Waals surface area contributed by atoms with E-state index in [1.54, 1.807) is 4.72 Å². The van der Waals surface area contributed by atoms with E-state index in [4.69, 9.17) is 10.8 Å². The fourth-order valence-electron chi connectivity index (χ4n) is 1.33. The summed E-state index contributed by atoms with van der Waals surface area (Å²) in [4.78, 5) is 24.9. The molecule has 0 saturated heterocycles. The molecule has 0 aliphatic heterocycles. The first-order valence-corrected chi connectivity index (χ1v) is 6.86. The molecule has 1 aromatic rings.